The zero-order valence-corrected chi connectivity index (χ0v) is 47.8. The SMILES string of the molecule is CCCCCc1ccc(C)cc1.CCCCCc1ccc(C)cc1.CCCc1ccc(CC)cc1.CCc1ccc(C)cc1.CCc1ccc(C)cc1.CCc1ccc(CC)cc1.Cc1ccc(C)cc1. The summed E-state index contributed by atoms with van der Waals surface area (Å²) in [7, 11) is 0. The van der Waals surface area contributed by atoms with E-state index in [2.05, 4.69) is 267 Å². The number of benzene rings is 7. The van der Waals surface area contributed by atoms with Crippen LogP contribution in [0.5, 0.6) is 0 Å². The molecule has 0 aliphatic heterocycles. The van der Waals surface area contributed by atoms with Crippen LogP contribution in [0.4, 0.5) is 0 Å². The third kappa shape index (κ3) is 32.9. The third-order valence-electron chi connectivity index (χ3n) is 12.5. The first-order chi connectivity index (χ1) is 34.3. The Kier molecular flexibility index (Phi) is 36.9. The van der Waals surface area contributed by atoms with Crippen molar-refractivity contribution in [3.63, 3.8) is 0 Å². The van der Waals surface area contributed by atoms with Crippen LogP contribution < -0.4 is 0 Å². The molecule has 0 radical (unpaired) electrons. The normalized spacial score (nSPS) is 9.83. The van der Waals surface area contributed by atoms with Gasteiger partial charge in [-0.05, 0) is 150 Å². The molecule has 0 saturated heterocycles. The molecule has 0 atom stereocenters. The van der Waals surface area contributed by atoms with Crippen LogP contribution in [0.1, 0.15) is 178 Å². The fourth-order valence-corrected chi connectivity index (χ4v) is 7.19. The first kappa shape index (κ1) is 63.6. The van der Waals surface area contributed by atoms with Gasteiger partial charge in [0, 0.05) is 0 Å². The summed E-state index contributed by atoms with van der Waals surface area (Å²) in [6, 6.07) is 61.3. The Labute approximate surface area is 438 Å². The fourth-order valence-electron chi connectivity index (χ4n) is 7.19. The maximum Gasteiger partial charge on any atom is -0.0279 e. The van der Waals surface area contributed by atoms with Gasteiger partial charge in [0.05, 0.1) is 0 Å². The highest BCUT2D eigenvalue weighted by atomic mass is 14.0. The molecule has 384 valence electrons. The standard InChI is InChI=1S/2C12H18.C11H16.C10H14.2C9H12.C8H10/c2*1-3-4-5-6-12-9-7-11(2)8-10-12;1-3-5-11-8-6-10(4-2)7-9-11;1-3-9-5-7-10(4-2)8-6-9;2*1-3-9-6-4-8(2)5-7-9;1-7-3-5-8(2)6-4-7/h2*7-10H,3-6H2,1-2H3;6-9H,3-5H2,1-2H3;5-8H,3-4H2,1-2H3;2*4-7H,3H2,1-2H3;3-6H,1-2H3. The van der Waals surface area contributed by atoms with Gasteiger partial charge in [0.2, 0.25) is 0 Å². The van der Waals surface area contributed by atoms with Gasteiger partial charge < -0.3 is 0 Å². The molecule has 0 aliphatic rings. The minimum Gasteiger partial charge on any atom is -0.0654 e. The molecule has 0 nitrogen and oxygen atoms in total. The molecule has 0 fully saturated rings. The molecule has 0 saturated carbocycles. The van der Waals surface area contributed by atoms with Gasteiger partial charge in [-0.2, -0.15) is 0 Å². The van der Waals surface area contributed by atoms with E-state index in [0.29, 0.717) is 0 Å². The van der Waals surface area contributed by atoms with Crippen LogP contribution in [0.3, 0.4) is 0 Å². The summed E-state index contributed by atoms with van der Waals surface area (Å²) in [4.78, 5) is 0. The second kappa shape index (κ2) is 41.2. The maximum atomic E-state index is 2.25. The summed E-state index contributed by atoms with van der Waals surface area (Å²) in [5.74, 6) is 0. The van der Waals surface area contributed by atoms with E-state index < -0.39 is 0 Å². The second-order valence-electron chi connectivity index (χ2n) is 19.2. The minimum absolute atomic E-state index is 1.14. The summed E-state index contributed by atoms with van der Waals surface area (Å²) >= 11 is 0. The molecule has 0 N–H and O–H groups in total. The van der Waals surface area contributed by atoms with Crippen molar-refractivity contribution in [2.75, 3.05) is 0 Å². The predicted molar refractivity (Wildman–Crippen MR) is 321 cm³/mol. The Bertz CT molecular complexity index is 2100. The molecule has 7 aromatic carbocycles. The lowest BCUT2D eigenvalue weighted by molar-refractivity contribution is 0.717. The summed E-state index contributed by atoms with van der Waals surface area (Å²) < 4.78 is 0. The molecule has 7 aromatic rings. The van der Waals surface area contributed by atoms with Crippen molar-refractivity contribution in [3.8, 4) is 0 Å². The van der Waals surface area contributed by atoms with Crippen LogP contribution >= 0.6 is 0 Å². The van der Waals surface area contributed by atoms with Crippen LogP contribution in [0.2, 0.25) is 0 Å². The number of aryl methyl sites for hydroxylation is 14. The average Bonchev–Trinajstić information content (AvgIpc) is 3.40. The van der Waals surface area contributed by atoms with E-state index >= 15 is 0 Å². The van der Waals surface area contributed by atoms with E-state index in [4.69, 9.17) is 0 Å². The smallest absolute Gasteiger partial charge is 0.0279 e. The van der Waals surface area contributed by atoms with E-state index in [1.54, 1.807) is 0 Å². The number of hydrogen-bond acceptors (Lipinski definition) is 0. The highest BCUT2D eigenvalue weighted by molar-refractivity contribution is 5.26. The Morgan fingerprint density at radius 3 is 0.549 bits per heavy atom. The quantitative estimate of drug-likeness (QED) is 0.0899. The molecule has 0 unspecified atom stereocenters. The molecular weight excluding hydrogens is 853 g/mol. The number of unbranched alkanes of at least 4 members (excludes halogenated alkanes) is 4. The van der Waals surface area contributed by atoms with E-state index in [-0.39, 0.29) is 0 Å². The van der Waals surface area contributed by atoms with Crippen molar-refractivity contribution in [3.05, 3.63) is 248 Å². The van der Waals surface area contributed by atoms with Gasteiger partial charge in [0.15, 0.2) is 0 Å². The topological polar surface area (TPSA) is 0 Å². The average molecular weight is 954 g/mol. The van der Waals surface area contributed by atoms with Crippen LogP contribution in [0, 0.1) is 41.5 Å². The number of hydrogen-bond donors (Lipinski definition) is 0. The van der Waals surface area contributed by atoms with E-state index in [9.17, 15) is 0 Å². The highest BCUT2D eigenvalue weighted by Gasteiger charge is 1.94. The largest absolute Gasteiger partial charge is 0.0654 e. The van der Waals surface area contributed by atoms with Crippen molar-refractivity contribution in [1.29, 1.82) is 0 Å². The summed E-state index contributed by atoms with van der Waals surface area (Å²) in [6.07, 6.45) is 18.7. The fraction of sp³-hybridized carbons (Fsp3) is 0.408. The van der Waals surface area contributed by atoms with Gasteiger partial charge in [-0.25, -0.2) is 0 Å². The summed E-state index contributed by atoms with van der Waals surface area (Å²) in [5.41, 5.74) is 19.6. The van der Waals surface area contributed by atoms with Gasteiger partial charge in [0.1, 0.15) is 0 Å². The van der Waals surface area contributed by atoms with Crippen molar-refractivity contribution < 1.29 is 0 Å². The first-order valence-electron chi connectivity index (χ1n) is 27.7. The van der Waals surface area contributed by atoms with E-state index in [0.717, 1.165) is 32.1 Å². The van der Waals surface area contributed by atoms with Crippen LogP contribution in [-0.4, -0.2) is 0 Å². The Morgan fingerprint density at radius 1 is 0.183 bits per heavy atom. The van der Waals surface area contributed by atoms with Gasteiger partial charge in [-0.15, -0.1) is 0 Å². The molecule has 0 heterocycles. The lowest BCUT2D eigenvalue weighted by atomic mass is 10.1. The van der Waals surface area contributed by atoms with Gasteiger partial charge in [0.25, 0.3) is 0 Å². The Morgan fingerprint density at radius 2 is 0.352 bits per heavy atom. The molecule has 0 amide bonds. The Balaban J connectivity index is 0.000000416. The van der Waals surface area contributed by atoms with E-state index in [1.807, 2.05) is 0 Å². The van der Waals surface area contributed by atoms with Crippen molar-refractivity contribution in [2.24, 2.45) is 0 Å². The van der Waals surface area contributed by atoms with Gasteiger partial charge in [-0.3, -0.25) is 0 Å². The second-order valence-corrected chi connectivity index (χ2v) is 19.2. The predicted octanol–water partition coefficient (Wildman–Crippen LogP) is 20.9. The molecular formula is C71H100. The Hall–Kier alpha value is -5.46. The summed E-state index contributed by atoms with van der Waals surface area (Å²) in [6.45, 7) is 30.3. The third-order valence-corrected chi connectivity index (χ3v) is 12.5. The van der Waals surface area contributed by atoms with Crippen molar-refractivity contribution in [1.82, 2.24) is 0 Å². The van der Waals surface area contributed by atoms with Crippen LogP contribution in [0.25, 0.3) is 0 Å². The number of rotatable bonds is 15. The zero-order valence-electron chi connectivity index (χ0n) is 47.8. The first-order valence-corrected chi connectivity index (χ1v) is 27.7. The van der Waals surface area contributed by atoms with Crippen LogP contribution in [-0.2, 0) is 51.4 Å². The zero-order chi connectivity index (χ0) is 52.5. The lowest BCUT2D eigenvalue weighted by Gasteiger charge is -2.00. The molecule has 0 aliphatic carbocycles. The van der Waals surface area contributed by atoms with E-state index in [1.165, 1.54) is 142 Å². The molecule has 0 heteroatoms. The molecule has 0 aromatic heterocycles. The monoisotopic (exact) mass is 953 g/mol. The van der Waals surface area contributed by atoms with Gasteiger partial charge in [-0.1, -0.05) is 291 Å². The lowest BCUT2D eigenvalue weighted by Crippen LogP contribution is -1.84. The van der Waals surface area contributed by atoms with Crippen molar-refractivity contribution in [2.45, 2.75) is 193 Å². The van der Waals surface area contributed by atoms with Crippen LogP contribution in [0.15, 0.2) is 170 Å². The molecule has 0 bridgehead atoms. The molecule has 0 spiro atoms. The maximum absolute atomic E-state index is 2.25. The summed E-state index contributed by atoms with van der Waals surface area (Å²) in [5, 5.41) is 0. The minimum atomic E-state index is 1.14. The van der Waals surface area contributed by atoms with Crippen molar-refractivity contribution >= 4 is 0 Å². The molecule has 71 heavy (non-hydrogen) atoms. The molecule has 7 rings (SSSR count). The highest BCUT2D eigenvalue weighted by Crippen LogP contribution is 2.11. The van der Waals surface area contributed by atoms with Gasteiger partial charge >= 0.3 is 0 Å².